The Hall–Kier alpha value is -1.89. The smallest absolute Gasteiger partial charge is 0.216 e. The van der Waals surface area contributed by atoms with E-state index in [0.29, 0.717) is 10.6 Å². The molecule has 0 bridgehead atoms. The summed E-state index contributed by atoms with van der Waals surface area (Å²) in [4.78, 5) is 0. The molecule has 0 amide bonds. The molecule has 0 aliphatic heterocycles. The second-order valence-electron chi connectivity index (χ2n) is 3.30. The van der Waals surface area contributed by atoms with Crippen molar-refractivity contribution in [2.24, 2.45) is 5.10 Å². The van der Waals surface area contributed by atoms with Gasteiger partial charge in [-0.15, -0.1) is 0 Å². The molecule has 1 N–H and O–H groups in total. The van der Waals surface area contributed by atoms with E-state index < -0.39 is 11.6 Å². The lowest BCUT2D eigenvalue weighted by Crippen LogP contribution is -1.96. The van der Waals surface area contributed by atoms with Gasteiger partial charge in [-0.2, -0.15) is 14.9 Å². The van der Waals surface area contributed by atoms with E-state index in [2.05, 4.69) is 15.3 Å². The second kappa shape index (κ2) is 4.54. The molecule has 2 rings (SSSR count). The molecule has 2 aromatic rings. The molecular weight excluding hydrogens is 246 g/mol. The lowest BCUT2D eigenvalue weighted by Gasteiger charge is -1.97. The molecule has 0 spiro atoms. The Kier molecular flexibility index (Phi) is 3.10. The average Bonchev–Trinajstić information content (AvgIpc) is 2.58. The minimum absolute atomic E-state index is 0.175. The molecule has 1 aromatic heterocycles. The molecule has 4 nitrogen and oxygen atoms in total. The Morgan fingerprint density at radius 3 is 2.82 bits per heavy atom. The molecule has 0 radical (unpaired) electrons. The number of benzene rings is 1. The topological polar surface area (TPSA) is 46.0 Å². The van der Waals surface area contributed by atoms with Crippen LogP contribution in [-0.4, -0.2) is 21.1 Å². The van der Waals surface area contributed by atoms with Crippen LogP contribution in [0.5, 0.6) is 0 Å². The molecule has 1 heterocycles. The Labute approximate surface area is 101 Å². The minimum atomic E-state index is -0.679. The SMILES string of the molecule is Cc1n[nH]c(=S)n1N=Cc1ccc(F)cc1F. The zero-order valence-corrected chi connectivity index (χ0v) is 9.63. The van der Waals surface area contributed by atoms with E-state index in [1.54, 1.807) is 6.92 Å². The van der Waals surface area contributed by atoms with Gasteiger partial charge in [0.2, 0.25) is 4.77 Å². The van der Waals surface area contributed by atoms with Gasteiger partial charge in [0, 0.05) is 11.6 Å². The number of hydrogen-bond donors (Lipinski definition) is 1. The van der Waals surface area contributed by atoms with Gasteiger partial charge in [-0.1, -0.05) is 0 Å². The Balaban J connectivity index is 2.36. The molecule has 0 saturated carbocycles. The van der Waals surface area contributed by atoms with Crippen molar-refractivity contribution in [1.82, 2.24) is 14.9 Å². The summed E-state index contributed by atoms with van der Waals surface area (Å²) in [6, 6.07) is 3.25. The summed E-state index contributed by atoms with van der Waals surface area (Å²) in [7, 11) is 0. The summed E-state index contributed by atoms with van der Waals surface area (Å²) in [5.74, 6) is -0.758. The normalized spacial score (nSPS) is 11.2. The Morgan fingerprint density at radius 1 is 1.47 bits per heavy atom. The van der Waals surface area contributed by atoms with Crippen LogP contribution in [-0.2, 0) is 0 Å². The van der Waals surface area contributed by atoms with Gasteiger partial charge in [0.1, 0.15) is 17.5 Å². The van der Waals surface area contributed by atoms with Crippen molar-refractivity contribution in [2.75, 3.05) is 0 Å². The van der Waals surface area contributed by atoms with Gasteiger partial charge in [-0.05, 0) is 31.3 Å². The van der Waals surface area contributed by atoms with Gasteiger partial charge in [0.05, 0.1) is 6.21 Å². The fraction of sp³-hybridized carbons (Fsp3) is 0.100. The monoisotopic (exact) mass is 254 g/mol. The number of rotatable bonds is 2. The highest BCUT2D eigenvalue weighted by Gasteiger charge is 2.02. The largest absolute Gasteiger partial charge is 0.250 e. The Bertz CT molecular complexity index is 629. The number of H-pyrrole nitrogens is 1. The highest BCUT2D eigenvalue weighted by molar-refractivity contribution is 7.71. The first-order chi connectivity index (χ1) is 8.08. The summed E-state index contributed by atoms with van der Waals surface area (Å²) < 4.78 is 27.6. The molecule has 88 valence electrons. The zero-order chi connectivity index (χ0) is 12.4. The third-order valence-corrected chi connectivity index (χ3v) is 2.35. The van der Waals surface area contributed by atoms with Gasteiger partial charge < -0.3 is 0 Å². The van der Waals surface area contributed by atoms with Crippen molar-refractivity contribution in [2.45, 2.75) is 6.92 Å². The summed E-state index contributed by atoms with van der Waals surface area (Å²) in [6.07, 6.45) is 1.26. The molecule has 17 heavy (non-hydrogen) atoms. The highest BCUT2D eigenvalue weighted by atomic mass is 32.1. The van der Waals surface area contributed by atoms with E-state index in [-0.39, 0.29) is 5.56 Å². The van der Waals surface area contributed by atoms with Crippen LogP contribution in [0.4, 0.5) is 8.78 Å². The molecule has 0 saturated heterocycles. The van der Waals surface area contributed by atoms with Crippen molar-refractivity contribution >= 4 is 18.4 Å². The fourth-order valence-electron chi connectivity index (χ4n) is 1.23. The molecule has 0 fully saturated rings. The predicted octanol–water partition coefficient (Wildman–Crippen LogP) is 2.41. The number of nitrogens with zero attached hydrogens (tertiary/aromatic N) is 3. The summed E-state index contributed by atoms with van der Waals surface area (Å²) in [5.41, 5.74) is 0.175. The van der Waals surface area contributed by atoms with Crippen molar-refractivity contribution in [1.29, 1.82) is 0 Å². The maximum Gasteiger partial charge on any atom is 0.216 e. The van der Waals surface area contributed by atoms with Crippen LogP contribution in [0.25, 0.3) is 0 Å². The van der Waals surface area contributed by atoms with Crippen molar-refractivity contribution in [3.63, 3.8) is 0 Å². The van der Waals surface area contributed by atoms with Crippen molar-refractivity contribution < 1.29 is 8.78 Å². The quantitative estimate of drug-likeness (QED) is 0.660. The third-order valence-electron chi connectivity index (χ3n) is 2.09. The second-order valence-corrected chi connectivity index (χ2v) is 3.68. The van der Waals surface area contributed by atoms with Crippen LogP contribution in [0.3, 0.4) is 0 Å². The first-order valence-electron chi connectivity index (χ1n) is 4.71. The Morgan fingerprint density at radius 2 is 2.24 bits per heavy atom. The lowest BCUT2D eigenvalue weighted by atomic mass is 10.2. The van der Waals surface area contributed by atoms with Gasteiger partial charge >= 0.3 is 0 Å². The van der Waals surface area contributed by atoms with E-state index in [1.165, 1.54) is 17.0 Å². The number of halogens is 2. The first kappa shape index (κ1) is 11.6. The molecule has 7 heteroatoms. The van der Waals surface area contributed by atoms with Crippen LogP contribution in [0.1, 0.15) is 11.4 Å². The summed E-state index contributed by atoms with van der Waals surface area (Å²) in [5, 5.41) is 10.3. The van der Waals surface area contributed by atoms with Gasteiger partial charge in [-0.25, -0.2) is 8.78 Å². The average molecular weight is 254 g/mol. The summed E-state index contributed by atoms with van der Waals surface area (Å²) >= 11 is 4.92. The number of hydrogen-bond acceptors (Lipinski definition) is 3. The molecule has 0 aliphatic carbocycles. The van der Waals surface area contributed by atoms with Crippen LogP contribution in [0.2, 0.25) is 0 Å². The van der Waals surface area contributed by atoms with E-state index in [1.807, 2.05) is 0 Å². The summed E-state index contributed by atoms with van der Waals surface area (Å²) in [6.45, 7) is 1.70. The van der Waals surface area contributed by atoms with Crippen LogP contribution >= 0.6 is 12.2 Å². The van der Waals surface area contributed by atoms with Crippen molar-refractivity contribution in [3.8, 4) is 0 Å². The van der Waals surface area contributed by atoms with E-state index >= 15 is 0 Å². The maximum absolute atomic E-state index is 13.3. The first-order valence-corrected chi connectivity index (χ1v) is 5.12. The zero-order valence-electron chi connectivity index (χ0n) is 8.82. The fourth-order valence-corrected chi connectivity index (χ4v) is 1.46. The van der Waals surface area contributed by atoms with E-state index in [9.17, 15) is 8.78 Å². The van der Waals surface area contributed by atoms with Crippen LogP contribution < -0.4 is 0 Å². The number of aromatic nitrogens is 3. The van der Waals surface area contributed by atoms with Gasteiger partial charge in [0.15, 0.2) is 0 Å². The predicted molar refractivity (Wildman–Crippen MR) is 61.5 cm³/mol. The van der Waals surface area contributed by atoms with Gasteiger partial charge in [-0.3, -0.25) is 5.10 Å². The maximum atomic E-state index is 13.3. The third kappa shape index (κ3) is 2.44. The molecule has 1 aromatic carbocycles. The molecule has 0 aliphatic rings. The number of aryl methyl sites for hydroxylation is 1. The standard InChI is InChI=1S/C10H8F2N4S/c1-6-14-15-10(17)16(6)13-5-7-2-3-8(11)4-9(7)12/h2-5H,1H3,(H,15,17). The van der Waals surface area contributed by atoms with E-state index in [4.69, 9.17) is 12.2 Å². The highest BCUT2D eigenvalue weighted by Crippen LogP contribution is 2.07. The van der Waals surface area contributed by atoms with Crippen LogP contribution in [0.15, 0.2) is 23.3 Å². The van der Waals surface area contributed by atoms with Crippen molar-refractivity contribution in [3.05, 3.63) is 46.0 Å². The molecular formula is C10H8F2N4S. The minimum Gasteiger partial charge on any atom is -0.250 e. The van der Waals surface area contributed by atoms with E-state index in [0.717, 1.165) is 12.1 Å². The number of aromatic amines is 1. The van der Waals surface area contributed by atoms with Gasteiger partial charge in [0.25, 0.3) is 0 Å². The lowest BCUT2D eigenvalue weighted by molar-refractivity contribution is 0.582. The van der Waals surface area contributed by atoms with Crippen LogP contribution in [0, 0.1) is 23.3 Å². The molecule has 0 atom stereocenters. The number of nitrogens with one attached hydrogen (secondary N) is 1. The molecule has 0 unspecified atom stereocenters.